The highest BCUT2D eigenvalue weighted by molar-refractivity contribution is 6.04. The Morgan fingerprint density at radius 2 is 2.09 bits per heavy atom. The normalized spacial score (nSPS) is 22.3. The average molecular weight is 464 g/mol. The molecule has 1 aromatic heterocycles. The first-order valence-corrected chi connectivity index (χ1v) is 11.7. The lowest BCUT2D eigenvalue weighted by Gasteiger charge is -2.30. The highest BCUT2D eigenvalue weighted by Gasteiger charge is 2.36. The van der Waals surface area contributed by atoms with Crippen LogP contribution in [0.25, 0.3) is 0 Å². The highest BCUT2D eigenvalue weighted by Crippen LogP contribution is 2.38. The van der Waals surface area contributed by atoms with Crippen LogP contribution in [0.3, 0.4) is 0 Å². The van der Waals surface area contributed by atoms with Crippen LogP contribution in [0.4, 0.5) is 11.4 Å². The third kappa shape index (κ3) is 5.15. The van der Waals surface area contributed by atoms with E-state index in [1.807, 2.05) is 13.0 Å². The van der Waals surface area contributed by atoms with Crippen molar-refractivity contribution in [1.29, 1.82) is 0 Å². The zero-order valence-electron chi connectivity index (χ0n) is 19.3. The molecule has 2 fully saturated rings. The number of pyridine rings is 1. The number of benzene rings is 1. The Balaban J connectivity index is 1.55. The van der Waals surface area contributed by atoms with Crippen LogP contribution < -0.4 is 20.5 Å². The number of nitrogens with two attached hydrogens (primary N) is 1. The van der Waals surface area contributed by atoms with E-state index in [0.29, 0.717) is 55.0 Å². The van der Waals surface area contributed by atoms with Crippen molar-refractivity contribution >= 4 is 23.5 Å². The van der Waals surface area contributed by atoms with Crippen LogP contribution in [0.2, 0.25) is 0 Å². The Morgan fingerprint density at radius 1 is 1.35 bits per heavy atom. The van der Waals surface area contributed by atoms with Crippen molar-refractivity contribution in [2.75, 3.05) is 17.7 Å². The summed E-state index contributed by atoms with van der Waals surface area (Å²) in [6, 6.07) is 8.58. The number of aromatic nitrogens is 1. The van der Waals surface area contributed by atoms with E-state index >= 15 is 0 Å². The summed E-state index contributed by atoms with van der Waals surface area (Å²) >= 11 is 0. The lowest BCUT2D eigenvalue weighted by molar-refractivity contribution is -0.910. The van der Waals surface area contributed by atoms with E-state index in [0.717, 1.165) is 23.3 Å². The first-order chi connectivity index (χ1) is 16.3. The molecule has 2 saturated carbocycles. The Morgan fingerprint density at radius 3 is 2.74 bits per heavy atom. The molecular weight excluding hydrogens is 432 g/mol. The first kappa shape index (κ1) is 23.6. The van der Waals surface area contributed by atoms with Gasteiger partial charge in [0.05, 0.1) is 18.3 Å². The molecule has 1 heterocycles. The van der Waals surface area contributed by atoms with Crippen molar-refractivity contribution in [2.24, 2.45) is 4.99 Å². The fourth-order valence-corrected chi connectivity index (χ4v) is 4.22. The number of nitrogens with zero attached hydrogens (tertiary/aromatic N) is 2. The molecule has 0 saturated heterocycles. The predicted molar refractivity (Wildman–Crippen MR) is 129 cm³/mol. The second kappa shape index (κ2) is 9.74. The largest absolute Gasteiger partial charge is 0.492 e. The molecule has 2 aromatic rings. The smallest absolute Gasteiger partial charge is 0.325 e. The van der Waals surface area contributed by atoms with Crippen molar-refractivity contribution < 1.29 is 24.6 Å². The molecule has 1 aromatic carbocycles. The molecule has 0 bridgehead atoms. The summed E-state index contributed by atoms with van der Waals surface area (Å²) in [6.45, 7) is 2.24. The molecule has 4 rings (SSSR count). The van der Waals surface area contributed by atoms with E-state index in [9.17, 15) is 15.1 Å². The molecule has 0 atom stereocenters. The maximum Gasteiger partial charge on any atom is 0.325 e. The summed E-state index contributed by atoms with van der Waals surface area (Å²) in [6.07, 6.45) is 11.5. The summed E-state index contributed by atoms with van der Waals surface area (Å²) in [5.74, 6) is 2.73. The van der Waals surface area contributed by atoms with Crippen LogP contribution >= 0.6 is 0 Å². The first-order valence-electron chi connectivity index (χ1n) is 11.7. The number of hydrogen-bond donors (Lipinski definition) is 4. The van der Waals surface area contributed by atoms with E-state index in [1.54, 1.807) is 30.5 Å². The number of carbonyl (C=O) groups excluding carboxylic acids is 1. The minimum Gasteiger partial charge on any atom is -0.492 e. The number of nitrogen functional groups attached to an aromatic ring is 1. The van der Waals surface area contributed by atoms with Crippen molar-refractivity contribution in [3.05, 3.63) is 47.3 Å². The van der Waals surface area contributed by atoms with Crippen LogP contribution in [0.15, 0.2) is 35.3 Å². The van der Waals surface area contributed by atoms with Gasteiger partial charge in [0.25, 0.3) is 0 Å². The zero-order chi connectivity index (χ0) is 24.3. The van der Waals surface area contributed by atoms with E-state index in [1.165, 1.54) is 0 Å². The third-order valence-corrected chi connectivity index (χ3v) is 6.43. The number of hydrogen-bond acceptors (Lipinski definition) is 6. The predicted octanol–water partition coefficient (Wildman–Crippen LogP) is 3.05. The molecular formula is C26H31N4O4+. The summed E-state index contributed by atoms with van der Waals surface area (Å²) in [4.78, 5) is 17.7. The monoisotopic (exact) mass is 463 g/mol. The Kier molecular flexibility index (Phi) is 6.75. The van der Waals surface area contributed by atoms with Crippen LogP contribution in [-0.4, -0.2) is 40.7 Å². The number of anilines is 2. The maximum absolute atomic E-state index is 13.0. The van der Waals surface area contributed by atoms with Gasteiger partial charge in [-0.25, -0.2) is 0 Å². The number of aliphatic imine (C=N–C) groups is 1. The fourth-order valence-electron chi connectivity index (χ4n) is 4.22. The van der Waals surface area contributed by atoms with Crippen molar-refractivity contribution in [3.8, 4) is 18.1 Å². The fraction of sp³-hybridized carbons (Fsp3) is 0.423. The highest BCUT2D eigenvalue weighted by atomic mass is 16.5. The minimum atomic E-state index is -1.04. The molecule has 178 valence electrons. The summed E-state index contributed by atoms with van der Waals surface area (Å²) < 4.78 is 6.65. The molecule has 1 amide bonds. The molecule has 0 spiro atoms. The zero-order valence-corrected chi connectivity index (χ0v) is 19.3. The van der Waals surface area contributed by atoms with Gasteiger partial charge < -0.3 is 20.9 Å². The molecule has 8 heteroatoms. The van der Waals surface area contributed by atoms with Gasteiger partial charge in [0.15, 0.2) is 0 Å². The van der Waals surface area contributed by atoms with Crippen LogP contribution in [0.5, 0.6) is 5.75 Å². The average Bonchev–Trinajstić information content (AvgIpc) is 3.66. The van der Waals surface area contributed by atoms with Crippen molar-refractivity contribution in [1.82, 2.24) is 0 Å². The van der Waals surface area contributed by atoms with Crippen LogP contribution in [0, 0.1) is 12.3 Å². The van der Waals surface area contributed by atoms with Crippen LogP contribution in [0.1, 0.15) is 73.1 Å². The second-order valence-electron chi connectivity index (χ2n) is 8.97. The van der Waals surface area contributed by atoms with Gasteiger partial charge in [0, 0.05) is 46.3 Å². The minimum absolute atomic E-state index is 0.0381. The van der Waals surface area contributed by atoms with Gasteiger partial charge >= 0.3 is 11.6 Å². The summed E-state index contributed by atoms with van der Waals surface area (Å²) in [5, 5.41) is 23.6. The van der Waals surface area contributed by atoms with E-state index < -0.39 is 11.5 Å². The lowest BCUT2D eigenvalue weighted by atomic mass is 9.83. The standard InChI is InChI=1S/C26H30N4O4/c1-3-26(32)12-10-19(11-13-26)28-16-18-14-21(24(34-4-2)15-20(18)27)29-25(31)23-7-5-6-22(30(23)33)17-8-9-17/h1,5-7,14-17,19,27,31-33H,4,8-13H2,2H3/p+1. The Bertz CT molecular complexity index is 1140. The number of carbonyl (C=O) groups is 1. The number of amides is 1. The van der Waals surface area contributed by atoms with Gasteiger partial charge in [0.1, 0.15) is 11.4 Å². The van der Waals surface area contributed by atoms with Gasteiger partial charge in [-0.15, -0.1) is 6.42 Å². The van der Waals surface area contributed by atoms with E-state index in [2.05, 4.69) is 16.2 Å². The van der Waals surface area contributed by atoms with Crippen molar-refractivity contribution in [3.63, 3.8) is 0 Å². The molecule has 0 unspecified atom stereocenters. The molecule has 8 nitrogen and oxygen atoms in total. The lowest BCUT2D eigenvalue weighted by Crippen LogP contribution is -2.43. The van der Waals surface area contributed by atoms with Gasteiger partial charge in [-0.05, 0) is 57.6 Å². The number of aliphatic hydroxyl groups is 1. The molecule has 2 aliphatic carbocycles. The number of rotatable bonds is 7. The molecule has 34 heavy (non-hydrogen) atoms. The topological polar surface area (TPSA) is 121 Å². The molecule has 0 radical (unpaired) electrons. The summed E-state index contributed by atoms with van der Waals surface area (Å²) in [7, 11) is 0. The third-order valence-electron chi connectivity index (χ3n) is 6.43. The number of ether oxygens (including phenoxy) is 1. The molecule has 5 N–H and O–H groups in total. The number of nitrogens with one attached hydrogen (secondary N) is 1. The van der Waals surface area contributed by atoms with Crippen LogP contribution in [-0.2, 0) is 0 Å². The number of terminal acetylenes is 1. The van der Waals surface area contributed by atoms with Gasteiger partial charge in [-0.1, -0.05) is 5.92 Å². The van der Waals surface area contributed by atoms with Gasteiger partial charge in [-0.2, -0.15) is 0 Å². The SMILES string of the molecule is C#CC1(O)CCC(N=Cc2cc(NC(=O)c3cccc(C4CC4)[n+]3O)c(OCC)cc2N)CC1. The Hall–Kier alpha value is -3.57. The van der Waals surface area contributed by atoms with E-state index in [4.69, 9.17) is 16.9 Å². The summed E-state index contributed by atoms with van der Waals surface area (Å²) in [5.41, 5.74) is 7.60. The van der Waals surface area contributed by atoms with Gasteiger partial charge in [-0.3, -0.25) is 15.0 Å². The Labute approximate surface area is 199 Å². The van der Waals surface area contributed by atoms with E-state index in [-0.39, 0.29) is 17.7 Å². The van der Waals surface area contributed by atoms with Gasteiger partial charge in [0.2, 0.25) is 5.69 Å². The second-order valence-corrected chi connectivity index (χ2v) is 8.97. The quantitative estimate of drug-likeness (QED) is 0.165. The molecule has 0 aliphatic heterocycles. The molecule has 2 aliphatic rings. The van der Waals surface area contributed by atoms with Crippen molar-refractivity contribution in [2.45, 2.75) is 63.0 Å². The maximum atomic E-state index is 13.0.